The van der Waals surface area contributed by atoms with Crippen molar-refractivity contribution in [2.45, 2.75) is 19.3 Å². The van der Waals surface area contributed by atoms with Crippen molar-refractivity contribution in [2.24, 2.45) is 0 Å². The Morgan fingerprint density at radius 3 is 1.69 bits per heavy atom. The lowest BCUT2D eigenvalue weighted by Crippen LogP contribution is -1.55. The van der Waals surface area contributed by atoms with Crippen LogP contribution in [0, 0.1) is 0 Å². The van der Waals surface area contributed by atoms with Gasteiger partial charge in [-0.1, -0.05) is 53.4 Å². The molecule has 0 atom stereocenters. The van der Waals surface area contributed by atoms with Crippen molar-refractivity contribution < 1.29 is 9.90 Å². The molecule has 0 amide bonds. The van der Waals surface area contributed by atoms with Crippen molar-refractivity contribution in [3.63, 3.8) is 0 Å². The molecule has 0 aromatic heterocycles. The van der Waals surface area contributed by atoms with E-state index in [1.54, 1.807) is 0 Å². The highest BCUT2D eigenvalue weighted by Gasteiger charge is 1.95. The zero-order chi connectivity index (χ0) is 9.94. The Bertz CT molecular complexity index is 207. The van der Waals surface area contributed by atoms with E-state index in [4.69, 9.17) is 9.90 Å². The fourth-order valence-corrected chi connectivity index (χ4v) is 0.720. The molecule has 1 aliphatic rings. The molecule has 1 N–H and O–H groups in total. The molecule has 2 nitrogen and oxygen atoms in total. The van der Waals surface area contributed by atoms with E-state index in [1.165, 1.54) is 19.3 Å². The van der Waals surface area contributed by atoms with Crippen molar-refractivity contribution >= 4 is 22.4 Å². The average molecular weight is 245 g/mol. The lowest BCUT2D eigenvalue weighted by molar-refractivity contribution is -0.122. The summed E-state index contributed by atoms with van der Waals surface area (Å²) in [5.41, 5.74) is 0. The monoisotopic (exact) mass is 244 g/mol. The van der Waals surface area contributed by atoms with Crippen LogP contribution in [0.3, 0.4) is 0 Å². The van der Waals surface area contributed by atoms with Crippen LogP contribution in [0.1, 0.15) is 19.3 Å². The second-order valence-corrected chi connectivity index (χ2v) is 3.38. The molecule has 1 aromatic rings. The van der Waals surface area contributed by atoms with Crippen LogP contribution in [0.15, 0.2) is 34.8 Å². The highest BCUT2D eigenvalue weighted by Crippen LogP contribution is 2.14. The predicted octanol–water partition coefficient (Wildman–Crippen LogP) is 3.32. The molecule has 0 aliphatic heterocycles. The summed E-state index contributed by atoms with van der Waals surface area (Å²) in [6.07, 6.45) is 4.50. The number of halogens is 1. The molecular weight excluding hydrogens is 232 g/mol. The smallest absolute Gasteiger partial charge is 0.290 e. The average Bonchev–Trinajstić information content (AvgIpc) is 2.92. The maximum absolute atomic E-state index is 8.36. The van der Waals surface area contributed by atoms with Gasteiger partial charge in [0.05, 0.1) is 0 Å². The summed E-state index contributed by atoms with van der Waals surface area (Å²) < 4.78 is 1.13. The van der Waals surface area contributed by atoms with Crippen LogP contribution in [0.4, 0.5) is 0 Å². The fourth-order valence-electron chi connectivity index (χ4n) is 0.415. The van der Waals surface area contributed by atoms with Crippen LogP contribution < -0.4 is 0 Å². The summed E-state index contributed by atoms with van der Waals surface area (Å²) >= 11 is 3.31. The number of rotatable bonds is 0. The van der Waals surface area contributed by atoms with E-state index >= 15 is 0 Å². The Morgan fingerprint density at radius 2 is 1.54 bits per heavy atom. The summed E-state index contributed by atoms with van der Waals surface area (Å²) in [6, 6.07) is 9.97. The van der Waals surface area contributed by atoms with Crippen LogP contribution >= 0.6 is 15.9 Å². The third kappa shape index (κ3) is 14.1. The standard InChI is InChI=1S/C6H5Br.C3H6.CH2O2/c7-6-4-2-1-3-5-6;1-2-3-1;2-1-3/h1-5H;1-3H2;1H,(H,2,3). The maximum atomic E-state index is 8.36. The molecule has 0 spiro atoms. The van der Waals surface area contributed by atoms with Gasteiger partial charge in [0.1, 0.15) is 0 Å². The van der Waals surface area contributed by atoms with E-state index in [1.807, 2.05) is 30.3 Å². The van der Waals surface area contributed by atoms with Gasteiger partial charge in [0.25, 0.3) is 6.47 Å². The Morgan fingerprint density at radius 1 is 1.15 bits per heavy atom. The number of carbonyl (C=O) groups is 1. The van der Waals surface area contributed by atoms with Crippen LogP contribution in [0.5, 0.6) is 0 Å². The molecule has 0 saturated heterocycles. The van der Waals surface area contributed by atoms with E-state index in [0.717, 1.165) is 4.47 Å². The van der Waals surface area contributed by atoms with Gasteiger partial charge in [-0.15, -0.1) is 0 Å². The van der Waals surface area contributed by atoms with Crippen LogP contribution in [-0.4, -0.2) is 11.6 Å². The first-order valence-electron chi connectivity index (χ1n) is 4.09. The summed E-state index contributed by atoms with van der Waals surface area (Å²) in [4.78, 5) is 8.36. The minimum absolute atomic E-state index is 0.250. The topological polar surface area (TPSA) is 37.3 Å². The molecule has 1 aliphatic carbocycles. The van der Waals surface area contributed by atoms with Crippen LogP contribution in [-0.2, 0) is 4.79 Å². The van der Waals surface area contributed by atoms with Gasteiger partial charge < -0.3 is 5.11 Å². The van der Waals surface area contributed by atoms with Gasteiger partial charge in [0.2, 0.25) is 0 Å². The van der Waals surface area contributed by atoms with Gasteiger partial charge >= 0.3 is 0 Å². The lowest BCUT2D eigenvalue weighted by Gasteiger charge is -1.80. The number of carboxylic acid groups (broad SMARTS) is 1. The Hall–Kier alpha value is -0.830. The van der Waals surface area contributed by atoms with Gasteiger partial charge in [0.15, 0.2) is 0 Å². The first-order chi connectivity index (χ1) is 6.31. The second kappa shape index (κ2) is 9.26. The highest BCUT2D eigenvalue weighted by atomic mass is 79.9. The van der Waals surface area contributed by atoms with Crippen molar-refractivity contribution in [3.8, 4) is 0 Å². The first kappa shape index (κ1) is 12.2. The summed E-state index contributed by atoms with van der Waals surface area (Å²) in [7, 11) is 0. The molecule has 3 heteroatoms. The molecule has 1 saturated carbocycles. The number of benzene rings is 1. The van der Waals surface area contributed by atoms with Gasteiger partial charge in [0, 0.05) is 4.47 Å². The lowest BCUT2D eigenvalue weighted by atomic mass is 10.4. The van der Waals surface area contributed by atoms with E-state index < -0.39 is 0 Å². The number of hydrogen-bond donors (Lipinski definition) is 1. The van der Waals surface area contributed by atoms with E-state index in [9.17, 15) is 0 Å². The van der Waals surface area contributed by atoms with Crippen LogP contribution in [0.25, 0.3) is 0 Å². The predicted molar refractivity (Wildman–Crippen MR) is 56.7 cm³/mol. The van der Waals surface area contributed by atoms with Crippen molar-refractivity contribution in [1.82, 2.24) is 0 Å². The molecule has 0 bridgehead atoms. The zero-order valence-electron chi connectivity index (χ0n) is 7.32. The molecular formula is C10H13BrO2. The van der Waals surface area contributed by atoms with E-state index in [0.29, 0.717) is 0 Å². The minimum atomic E-state index is -0.250. The highest BCUT2D eigenvalue weighted by molar-refractivity contribution is 9.10. The van der Waals surface area contributed by atoms with E-state index in [-0.39, 0.29) is 6.47 Å². The fraction of sp³-hybridized carbons (Fsp3) is 0.300. The quantitative estimate of drug-likeness (QED) is 0.712. The molecule has 1 fully saturated rings. The van der Waals surface area contributed by atoms with Gasteiger partial charge in [-0.2, -0.15) is 0 Å². The molecule has 13 heavy (non-hydrogen) atoms. The van der Waals surface area contributed by atoms with Crippen molar-refractivity contribution in [2.75, 3.05) is 0 Å². The SMILES string of the molecule is Brc1ccccc1.C1CC1.O=CO. The van der Waals surface area contributed by atoms with Crippen LogP contribution in [0.2, 0.25) is 0 Å². The normalized spacial score (nSPS) is 11.2. The van der Waals surface area contributed by atoms with Crippen molar-refractivity contribution in [3.05, 3.63) is 34.8 Å². The molecule has 0 heterocycles. The molecule has 1 aromatic carbocycles. The summed E-state index contributed by atoms with van der Waals surface area (Å²) in [5, 5.41) is 6.89. The minimum Gasteiger partial charge on any atom is -0.483 e. The number of hydrogen-bond acceptors (Lipinski definition) is 1. The third-order valence-corrected chi connectivity index (χ3v) is 1.62. The largest absolute Gasteiger partial charge is 0.483 e. The maximum Gasteiger partial charge on any atom is 0.290 e. The summed E-state index contributed by atoms with van der Waals surface area (Å²) in [6.45, 7) is -0.250. The van der Waals surface area contributed by atoms with Gasteiger partial charge in [-0.25, -0.2) is 0 Å². The molecule has 2 rings (SSSR count). The second-order valence-electron chi connectivity index (χ2n) is 2.46. The van der Waals surface area contributed by atoms with Gasteiger partial charge in [-0.3, -0.25) is 4.79 Å². The zero-order valence-corrected chi connectivity index (χ0v) is 8.90. The third-order valence-electron chi connectivity index (χ3n) is 1.09. The molecule has 0 unspecified atom stereocenters. The Balaban J connectivity index is 0.000000200. The van der Waals surface area contributed by atoms with E-state index in [2.05, 4.69) is 15.9 Å². The van der Waals surface area contributed by atoms with Gasteiger partial charge in [-0.05, 0) is 12.1 Å². The summed E-state index contributed by atoms with van der Waals surface area (Å²) in [5.74, 6) is 0. The molecule has 72 valence electrons. The van der Waals surface area contributed by atoms with Crippen molar-refractivity contribution in [1.29, 1.82) is 0 Å². The Labute approximate surface area is 86.7 Å². The Kier molecular flexibility index (Phi) is 8.67. The molecule has 0 radical (unpaired) electrons. The first-order valence-corrected chi connectivity index (χ1v) is 4.89.